The van der Waals surface area contributed by atoms with Crippen molar-refractivity contribution >= 4 is 23.0 Å². The number of benzene rings is 5. The summed E-state index contributed by atoms with van der Waals surface area (Å²) >= 11 is 0. The number of hydrogen-bond donors (Lipinski definition) is 2. The zero-order valence-corrected chi connectivity index (χ0v) is 25.6. The molecule has 1 fully saturated rings. The lowest BCUT2D eigenvalue weighted by Gasteiger charge is -2.37. The fourth-order valence-corrected chi connectivity index (χ4v) is 7.12. The van der Waals surface area contributed by atoms with Crippen LogP contribution in [0.2, 0.25) is 0 Å². The summed E-state index contributed by atoms with van der Waals surface area (Å²) in [7, 11) is 0. The molecule has 1 heterocycles. The number of piperidine rings is 1. The third-order valence-corrected chi connectivity index (χ3v) is 9.47. The van der Waals surface area contributed by atoms with Crippen molar-refractivity contribution in [1.29, 1.82) is 0 Å². The number of rotatable bonds is 9. The van der Waals surface area contributed by atoms with E-state index in [0.29, 0.717) is 12.5 Å². The van der Waals surface area contributed by atoms with E-state index >= 15 is 0 Å². The Bertz CT molecular complexity index is 1790. The van der Waals surface area contributed by atoms with Crippen LogP contribution in [0.25, 0.3) is 16.8 Å². The van der Waals surface area contributed by atoms with Gasteiger partial charge in [0.1, 0.15) is 0 Å². The first-order valence-corrected chi connectivity index (χ1v) is 16.0. The third kappa shape index (κ3) is 6.14. The van der Waals surface area contributed by atoms with Crippen LogP contribution in [-0.2, 0) is 17.8 Å². The smallest absolute Gasteiger partial charge is 0.228 e. The highest BCUT2D eigenvalue weighted by molar-refractivity contribution is 5.86. The van der Waals surface area contributed by atoms with Gasteiger partial charge in [-0.2, -0.15) is 0 Å². The van der Waals surface area contributed by atoms with Crippen molar-refractivity contribution in [2.75, 3.05) is 23.3 Å². The molecule has 2 N–H and O–H groups in total. The van der Waals surface area contributed by atoms with E-state index < -0.39 is 0 Å². The van der Waals surface area contributed by atoms with Crippen LogP contribution < -0.4 is 15.5 Å². The Balaban J connectivity index is 0.986. The first-order chi connectivity index (χ1) is 22.1. The van der Waals surface area contributed by atoms with E-state index in [0.717, 1.165) is 54.9 Å². The summed E-state index contributed by atoms with van der Waals surface area (Å²) in [5.74, 6) is 0.261. The van der Waals surface area contributed by atoms with E-state index in [9.17, 15) is 4.79 Å². The van der Waals surface area contributed by atoms with Gasteiger partial charge in [-0.15, -0.1) is 0 Å². The predicted octanol–water partition coefficient (Wildman–Crippen LogP) is 8.66. The Labute approximate surface area is 266 Å². The monoisotopic (exact) mass is 589 g/mol. The summed E-state index contributed by atoms with van der Waals surface area (Å²) in [5.41, 5.74) is 11.9. The minimum atomic E-state index is -0.151. The second-order valence-corrected chi connectivity index (χ2v) is 12.2. The average molecular weight is 590 g/mol. The molecule has 224 valence electrons. The maximum atomic E-state index is 13.6. The van der Waals surface area contributed by atoms with E-state index in [1.165, 1.54) is 33.5 Å². The van der Waals surface area contributed by atoms with Crippen molar-refractivity contribution in [2.45, 2.75) is 31.7 Å². The van der Waals surface area contributed by atoms with Crippen molar-refractivity contribution in [3.8, 4) is 11.1 Å². The van der Waals surface area contributed by atoms with Crippen LogP contribution in [0.1, 0.15) is 46.6 Å². The van der Waals surface area contributed by atoms with Crippen molar-refractivity contribution in [1.82, 2.24) is 5.32 Å². The van der Waals surface area contributed by atoms with Crippen LogP contribution in [0.4, 0.5) is 11.4 Å². The highest BCUT2D eigenvalue weighted by Crippen LogP contribution is 2.40. The van der Waals surface area contributed by atoms with Gasteiger partial charge in [-0.25, -0.2) is 0 Å². The van der Waals surface area contributed by atoms with Gasteiger partial charge in [-0.3, -0.25) is 4.79 Å². The van der Waals surface area contributed by atoms with Gasteiger partial charge in [0, 0.05) is 42.3 Å². The molecule has 0 aromatic heterocycles. The van der Waals surface area contributed by atoms with E-state index in [1.807, 2.05) is 36.4 Å². The van der Waals surface area contributed by atoms with E-state index in [2.05, 4.69) is 113 Å². The molecule has 1 aliphatic heterocycles. The van der Waals surface area contributed by atoms with Gasteiger partial charge in [0.15, 0.2) is 0 Å². The molecule has 0 spiro atoms. The molecule has 5 aromatic carbocycles. The molecular formula is C41H39N3O. The molecule has 0 radical (unpaired) electrons. The number of hydrogen-bond acceptors (Lipinski definition) is 3. The van der Waals surface area contributed by atoms with E-state index in [4.69, 9.17) is 0 Å². The molecule has 4 nitrogen and oxygen atoms in total. The second-order valence-electron chi connectivity index (χ2n) is 12.2. The van der Waals surface area contributed by atoms with Crippen molar-refractivity contribution in [3.05, 3.63) is 162 Å². The van der Waals surface area contributed by atoms with Crippen LogP contribution in [0.5, 0.6) is 0 Å². The zero-order valence-electron chi connectivity index (χ0n) is 25.6. The standard InChI is InChI=1S/C41H39N3O/c1-29(36-17-10-18-38-37-16-9-8-15-33(37)27-39(36)38)43-34-19-21-35(22-20-34)44-25-23-32(24-26-44)40(31-13-6-3-7-14-31)41(45)42-28-30-11-4-2-5-12-30/h2-22,32,40,43H,1,23-28H2,(H,42,45). The van der Waals surface area contributed by atoms with E-state index in [1.54, 1.807) is 0 Å². The number of carbonyl (C=O) groups excluding carboxylic acids is 1. The van der Waals surface area contributed by atoms with Crippen LogP contribution in [0, 0.1) is 5.92 Å². The van der Waals surface area contributed by atoms with Crippen LogP contribution >= 0.6 is 0 Å². The Morgan fingerprint density at radius 1 is 0.756 bits per heavy atom. The molecule has 4 heteroatoms. The lowest BCUT2D eigenvalue weighted by atomic mass is 9.79. The van der Waals surface area contributed by atoms with Crippen molar-refractivity contribution in [3.63, 3.8) is 0 Å². The van der Waals surface area contributed by atoms with Gasteiger partial charge < -0.3 is 15.5 Å². The normalized spacial score (nSPS) is 14.7. The minimum absolute atomic E-state index is 0.118. The summed E-state index contributed by atoms with van der Waals surface area (Å²) < 4.78 is 0. The summed E-state index contributed by atoms with van der Waals surface area (Å²) in [6.07, 6.45) is 2.88. The molecule has 5 aromatic rings. The van der Waals surface area contributed by atoms with Gasteiger partial charge in [0.05, 0.1) is 5.92 Å². The Kier molecular flexibility index (Phi) is 8.20. The first-order valence-electron chi connectivity index (χ1n) is 16.0. The average Bonchev–Trinajstić information content (AvgIpc) is 3.48. The van der Waals surface area contributed by atoms with Gasteiger partial charge in [0.2, 0.25) is 5.91 Å². The van der Waals surface area contributed by atoms with Crippen molar-refractivity contribution in [2.24, 2.45) is 5.92 Å². The molecule has 7 rings (SSSR count). The molecule has 1 saturated heterocycles. The Hall–Kier alpha value is -5.09. The second kappa shape index (κ2) is 12.9. The Morgan fingerprint density at radius 3 is 2.18 bits per heavy atom. The molecule has 1 amide bonds. The molecule has 45 heavy (non-hydrogen) atoms. The molecule has 1 unspecified atom stereocenters. The summed E-state index contributed by atoms with van der Waals surface area (Å²) in [4.78, 5) is 16.0. The number of nitrogens with one attached hydrogen (secondary N) is 2. The largest absolute Gasteiger partial charge is 0.372 e. The number of fused-ring (bicyclic) bond motifs is 3. The summed E-state index contributed by atoms with van der Waals surface area (Å²) in [5, 5.41) is 6.79. The zero-order chi connectivity index (χ0) is 30.6. The Morgan fingerprint density at radius 2 is 1.42 bits per heavy atom. The first kappa shape index (κ1) is 28.7. The maximum absolute atomic E-state index is 13.6. The summed E-state index contributed by atoms with van der Waals surface area (Å²) in [6, 6.07) is 44.3. The molecule has 2 aliphatic rings. The van der Waals surface area contributed by atoms with E-state index in [-0.39, 0.29) is 11.8 Å². The third-order valence-electron chi connectivity index (χ3n) is 9.47. The fourth-order valence-electron chi connectivity index (χ4n) is 7.12. The number of amides is 1. The molecule has 0 saturated carbocycles. The highest BCUT2D eigenvalue weighted by atomic mass is 16.1. The maximum Gasteiger partial charge on any atom is 0.228 e. The van der Waals surface area contributed by atoms with Crippen LogP contribution in [0.15, 0.2) is 134 Å². The van der Waals surface area contributed by atoms with Gasteiger partial charge in [0.25, 0.3) is 0 Å². The minimum Gasteiger partial charge on any atom is -0.372 e. The van der Waals surface area contributed by atoms with Gasteiger partial charge >= 0.3 is 0 Å². The lowest BCUT2D eigenvalue weighted by Crippen LogP contribution is -2.40. The van der Waals surface area contributed by atoms with Crippen molar-refractivity contribution < 1.29 is 4.79 Å². The highest BCUT2D eigenvalue weighted by Gasteiger charge is 2.32. The topological polar surface area (TPSA) is 44.4 Å². The molecular weight excluding hydrogens is 550 g/mol. The number of carbonyl (C=O) groups is 1. The lowest BCUT2D eigenvalue weighted by molar-refractivity contribution is -0.124. The van der Waals surface area contributed by atoms with Gasteiger partial charge in [-0.1, -0.05) is 110 Å². The number of anilines is 2. The quantitative estimate of drug-likeness (QED) is 0.177. The molecule has 1 atom stereocenters. The SMILES string of the molecule is C=C(Nc1ccc(N2CCC(C(C(=O)NCc3ccccc3)c3ccccc3)CC2)cc1)c1cccc2c1Cc1ccccc1-2. The van der Waals surface area contributed by atoms with Crippen LogP contribution in [0.3, 0.4) is 0 Å². The molecule has 0 bridgehead atoms. The summed E-state index contributed by atoms with van der Waals surface area (Å²) in [6.45, 7) is 6.82. The van der Waals surface area contributed by atoms with Crippen LogP contribution in [-0.4, -0.2) is 19.0 Å². The predicted molar refractivity (Wildman–Crippen MR) is 186 cm³/mol. The fraction of sp³-hybridized carbons (Fsp3) is 0.195. The van der Waals surface area contributed by atoms with Gasteiger partial charge in [-0.05, 0) is 82.8 Å². The molecule has 1 aliphatic carbocycles. The number of nitrogens with zero attached hydrogens (tertiary/aromatic N) is 1.